The van der Waals surface area contributed by atoms with Crippen molar-refractivity contribution < 1.29 is 9.59 Å². The number of carbonyl (C=O) groups is 2. The van der Waals surface area contributed by atoms with Gasteiger partial charge in [-0.25, -0.2) is 0 Å². The number of hydrogen-bond donors (Lipinski definition) is 1. The number of amides is 2. The Bertz CT molecular complexity index is 520. The second kappa shape index (κ2) is 5.71. The fourth-order valence-corrected chi connectivity index (χ4v) is 2.59. The second-order valence-electron chi connectivity index (χ2n) is 6.19. The van der Waals surface area contributed by atoms with Gasteiger partial charge in [0.2, 0.25) is 11.8 Å². The maximum Gasteiger partial charge on any atom is 0.246 e. The van der Waals surface area contributed by atoms with Crippen molar-refractivity contribution in [3.8, 4) is 0 Å². The molecule has 1 unspecified atom stereocenters. The molecule has 1 aliphatic heterocycles. The molecule has 5 heteroatoms. The van der Waals surface area contributed by atoms with Crippen LogP contribution in [0.15, 0.2) is 24.3 Å². The predicted octanol–water partition coefficient (Wildman–Crippen LogP) is 2.16. The van der Waals surface area contributed by atoms with Gasteiger partial charge in [0.1, 0.15) is 6.04 Å². The van der Waals surface area contributed by atoms with Gasteiger partial charge in [-0.2, -0.15) is 0 Å². The quantitative estimate of drug-likeness (QED) is 0.793. The number of hydrogen-bond acceptors (Lipinski definition) is 2. The van der Waals surface area contributed by atoms with E-state index in [0.29, 0.717) is 6.54 Å². The smallest absolute Gasteiger partial charge is 0.246 e. The molecule has 1 aromatic carbocycles. The van der Waals surface area contributed by atoms with E-state index in [9.17, 15) is 9.59 Å². The third-order valence-corrected chi connectivity index (χ3v) is 4.07. The van der Waals surface area contributed by atoms with Gasteiger partial charge in [-0.05, 0) is 45.7 Å². The minimum atomic E-state index is -0.451. The summed E-state index contributed by atoms with van der Waals surface area (Å²) in [4.78, 5) is 25.9. The summed E-state index contributed by atoms with van der Waals surface area (Å²) < 4.78 is 1.15. The van der Waals surface area contributed by atoms with E-state index in [1.54, 1.807) is 4.90 Å². The molecular formula is C15H19IN2O2. The zero-order valence-electron chi connectivity index (χ0n) is 11.9. The number of rotatable bonds is 2. The lowest BCUT2D eigenvalue weighted by Gasteiger charge is -2.38. The van der Waals surface area contributed by atoms with Crippen molar-refractivity contribution in [2.75, 3.05) is 6.54 Å². The van der Waals surface area contributed by atoms with Crippen LogP contribution in [0.2, 0.25) is 0 Å². The highest BCUT2D eigenvalue weighted by molar-refractivity contribution is 14.1. The molecule has 1 atom stereocenters. The molecule has 0 aromatic heterocycles. The number of piperazine rings is 1. The highest BCUT2D eigenvalue weighted by Crippen LogP contribution is 2.24. The van der Waals surface area contributed by atoms with Crippen LogP contribution in [0.25, 0.3) is 0 Å². The number of nitrogens with one attached hydrogen (secondary N) is 1. The van der Waals surface area contributed by atoms with Crippen molar-refractivity contribution in [2.24, 2.45) is 5.41 Å². The number of halogens is 1. The standard InChI is InChI=1S/C15H19IN2O2/c1-15(2,3)13-14(20)18(9-12(19)17-13)8-10-4-6-11(16)7-5-10/h4-7,13H,8-9H2,1-3H3,(H,17,19). The molecule has 1 fully saturated rings. The fraction of sp³-hybridized carbons (Fsp3) is 0.467. The van der Waals surface area contributed by atoms with E-state index >= 15 is 0 Å². The van der Waals surface area contributed by atoms with E-state index in [0.717, 1.165) is 9.13 Å². The maximum atomic E-state index is 12.5. The average Bonchev–Trinajstić information content (AvgIpc) is 2.35. The molecule has 0 saturated carbocycles. The topological polar surface area (TPSA) is 49.4 Å². The number of carbonyl (C=O) groups excluding carboxylic acids is 2. The lowest BCUT2D eigenvalue weighted by molar-refractivity contribution is -0.147. The molecular weight excluding hydrogens is 367 g/mol. The maximum absolute atomic E-state index is 12.5. The van der Waals surface area contributed by atoms with Crippen molar-refractivity contribution in [1.29, 1.82) is 0 Å². The number of benzene rings is 1. The van der Waals surface area contributed by atoms with Crippen LogP contribution in [0, 0.1) is 8.99 Å². The SMILES string of the molecule is CC(C)(C)C1NC(=O)CN(Cc2ccc(I)cc2)C1=O. The first-order chi connectivity index (χ1) is 9.27. The molecule has 0 radical (unpaired) electrons. The van der Waals surface area contributed by atoms with Gasteiger partial charge in [-0.3, -0.25) is 9.59 Å². The fourth-order valence-electron chi connectivity index (χ4n) is 2.23. The van der Waals surface area contributed by atoms with Crippen LogP contribution < -0.4 is 5.32 Å². The first kappa shape index (κ1) is 15.3. The summed E-state index contributed by atoms with van der Waals surface area (Å²) in [6.45, 7) is 6.51. The molecule has 2 rings (SSSR count). The number of nitrogens with zero attached hydrogens (tertiary/aromatic N) is 1. The Hall–Kier alpha value is -1.11. The largest absolute Gasteiger partial charge is 0.342 e. The van der Waals surface area contributed by atoms with Crippen LogP contribution in [-0.4, -0.2) is 29.3 Å². The van der Waals surface area contributed by atoms with Crippen molar-refractivity contribution in [2.45, 2.75) is 33.4 Å². The van der Waals surface area contributed by atoms with Gasteiger partial charge < -0.3 is 10.2 Å². The molecule has 1 saturated heterocycles. The molecule has 1 N–H and O–H groups in total. The molecule has 1 heterocycles. The Balaban J connectivity index is 2.16. The van der Waals surface area contributed by atoms with Crippen LogP contribution in [0.3, 0.4) is 0 Å². The molecule has 20 heavy (non-hydrogen) atoms. The molecule has 2 amide bonds. The van der Waals surface area contributed by atoms with E-state index in [1.807, 2.05) is 45.0 Å². The lowest BCUT2D eigenvalue weighted by Crippen LogP contribution is -2.61. The van der Waals surface area contributed by atoms with Gasteiger partial charge >= 0.3 is 0 Å². The van der Waals surface area contributed by atoms with E-state index in [4.69, 9.17) is 0 Å². The van der Waals surface area contributed by atoms with Gasteiger partial charge in [-0.15, -0.1) is 0 Å². The Labute approximate surface area is 133 Å². The molecule has 108 valence electrons. The minimum Gasteiger partial charge on any atom is -0.342 e. The molecule has 4 nitrogen and oxygen atoms in total. The highest BCUT2D eigenvalue weighted by Gasteiger charge is 2.39. The van der Waals surface area contributed by atoms with Crippen LogP contribution in [0.1, 0.15) is 26.3 Å². The van der Waals surface area contributed by atoms with Crippen LogP contribution in [-0.2, 0) is 16.1 Å². The lowest BCUT2D eigenvalue weighted by atomic mass is 9.84. The zero-order valence-corrected chi connectivity index (χ0v) is 14.1. The summed E-state index contributed by atoms with van der Waals surface area (Å²) >= 11 is 2.24. The van der Waals surface area contributed by atoms with Gasteiger partial charge in [0.05, 0.1) is 6.54 Å². The van der Waals surface area contributed by atoms with Crippen molar-refractivity contribution >= 4 is 34.4 Å². The Morgan fingerprint density at radius 3 is 2.40 bits per heavy atom. The van der Waals surface area contributed by atoms with Gasteiger partial charge in [-0.1, -0.05) is 32.9 Å². The molecule has 0 bridgehead atoms. The summed E-state index contributed by atoms with van der Waals surface area (Å²) in [5.41, 5.74) is 0.762. The van der Waals surface area contributed by atoms with Gasteiger partial charge in [0.15, 0.2) is 0 Å². The minimum absolute atomic E-state index is 0.00403. The molecule has 1 aromatic rings. The highest BCUT2D eigenvalue weighted by atomic mass is 127. The van der Waals surface area contributed by atoms with Crippen molar-refractivity contribution in [3.05, 3.63) is 33.4 Å². The van der Waals surface area contributed by atoms with Gasteiger partial charge in [0, 0.05) is 10.1 Å². The van der Waals surface area contributed by atoms with E-state index < -0.39 is 6.04 Å². The Morgan fingerprint density at radius 1 is 1.25 bits per heavy atom. The second-order valence-corrected chi connectivity index (χ2v) is 7.43. The normalized spacial score (nSPS) is 20.0. The van der Waals surface area contributed by atoms with E-state index in [2.05, 4.69) is 27.9 Å². The average molecular weight is 386 g/mol. The van der Waals surface area contributed by atoms with Crippen LogP contribution in [0.4, 0.5) is 0 Å². The van der Waals surface area contributed by atoms with Crippen molar-refractivity contribution in [3.63, 3.8) is 0 Å². The molecule has 0 spiro atoms. The summed E-state index contributed by atoms with van der Waals surface area (Å²) in [5, 5.41) is 2.80. The first-order valence-electron chi connectivity index (χ1n) is 6.60. The van der Waals surface area contributed by atoms with Gasteiger partial charge in [0.25, 0.3) is 0 Å². The zero-order chi connectivity index (χ0) is 14.9. The summed E-state index contributed by atoms with van der Waals surface area (Å²) in [6, 6.07) is 7.55. The van der Waals surface area contributed by atoms with E-state index in [1.165, 1.54) is 0 Å². The molecule has 0 aliphatic carbocycles. The first-order valence-corrected chi connectivity index (χ1v) is 7.68. The summed E-state index contributed by atoms with van der Waals surface area (Å²) in [6.07, 6.45) is 0. The van der Waals surface area contributed by atoms with Crippen molar-refractivity contribution in [1.82, 2.24) is 10.2 Å². The summed E-state index contributed by atoms with van der Waals surface area (Å²) in [5.74, 6) is -0.0920. The Kier molecular flexibility index (Phi) is 4.36. The summed E-state index contributed by atoms with van der Waals surface area (Å²) in [7, 11) is 0. The Morgan fingerprint density at radius 2 is 1.85 bits per heavy atom. The third-order valence-electron chi connectivity index (χ3n) is 3.35. The monoisotopic (exact) mass is 386 g/mol. The van der Waals surface area contributed by atoms with Crippen LogP contribution in [0.5, 0.6) is 0 Å². The third kappa shape index (κ3) is 3.50. The van der Waals surface area contributed by atoms with Crippen LogP contribution >= 0.6 is 22.6 Å². The predicted molar refractivity (Wildman–Crippen MR) is 86.0 cm³/mol. The van der Waals surface area contributed by atoms with E-state index in [-0.39, 0.29) is 23.8 Å². The molecule has 1 aliphatic rings.